The van der Waals surface area contributed by atoms with E-state index in [0.29, 0.717) is 0 Å². The maximum Gasteiger partial charge on any atom is 0.0718 e. The molecule has 0 heterocycles. The number of rotatable bonds is 2. The summed E-state index contributed by atoms with van der Waals surface area (Å²) in [4.78, 5) is 11.0. The van der Waals surface area contributed by atoms with Crippen molar-refractivity contribution in [2.24, 2.45) is 0 Å². The summed E-state index contributed by atoms with van der Waals surface area (Å²) in [5, 5.41) is 11.0. The summed E-state index contributed by atoms with van der Waals surface area (Å²) in [5.74, 6) is -1.13. The number of carboxylic acid groups (broad SMARTS) is 1. The van der Waals surface area contributed by atoms with Crippen molar-refractivity contribution in [1.29, 1.82) is 0 Å². The fraction of sp³-hybridized carbons (Fsp3) is 0.188. The zero-order valence-corrected chi connectivity index (χ0v) is 10.8. The molecule has 0 aliphatic heterocycles. The van der Waals surface area contributed by atoms with Crippen LogP contribution in [0, 0.1) is 20.8 Å². The molecule has 0 aromatic heterocycles. The third-order valence-corrected chi connectivity index (χ3v) is 3.23. The summed E-state index contributed by atoms with van der Waals surface area (Å²) in [7, 11) is 0. The number of carbonyl (C=O) groups excluding carboxylic acids is 1. The first kappa shape index (κ1) is 12.4. The minimum atomic E-state index is -1.13. The van der Waals surface area contributed by atoms with Crippen molar-refractivity contribution >= 4 is 5.97 Å². The van der Waals surface area contributed by atoms with Gasteiger partial charge in [0, 0.05) is 5.56 Å². The molecule has 0 amide bonds. The van der Waals surface area contributed by atoms with Gasteiger partial charge in [0.25, 0.3) is 0 Å². The largest absolute Gasteiger partial charge is 0.545 e. The molecule has 0 spiro atoms. The highest BCUT2D eigenvalue weighted by molar-refractivity contribution is 5.90. The SMILES string of the molecule is Cc1ccc(-c2cccc(C(=O)[O-])c2C)c(C)c1. The Morgan fingerprint density at radius 2 is 1.72 bits per heavy atom. The summed E-state index contributed by atoms with van der Waals surface area (Å²) in [6, 6.07) is 11.4. The first-order valence-corrected chi connectivity index (χ1v) is 5.89. The molecule has 18 heavy (non-hydrogen) atoms. The summed E-state index contributed by atoms with van der Waals surface area (Å²) in [6.07, 6.45) is 0. The van der Waals surface area contributed by atoms with E-state index in [9.17, 15) is 9.90 Å². The van der Waals surface area contributed by atoms with Gasteiger partial charge >= 0.3 is 0 Å². The highest BCUT2D eigenvalue weighted by atomic mass is 16.4. The van der Waals surface area contributed by atoms with Gasteiger partial charge < -0.3 is 9.90 Å². The van der Waals surface area contributed by atoms with Gasteiger partial charge in [-0.1, -0.05) is 42.0 Å². The first-order chi connectivity index (χ1) is 8.50. The summed E-state index contributed by atoms with van der Waals surface area (Å²) < 4.78 is 0. The molecule has 0 aliphatic carbocycles. The zero-order chi connectivity index (χ0) is 13.3. The Morgan fingerprint density at radius 1 is 1.00 bits per heavy atom. The van der Waals surface area contributed by atoms with Crippen molar-refractivity contribution in [2.75, 3.05) is 0 Å². The summed E-state index contributed by atoms with van der Waals surface area (Å²) in [5.41, 5.74) is 5.38. The van der Waals surface area contributed by atoms with Crippen LogP contribution in [0.2, 0.25) is 0 Å². The number of hydrogen-bond acceptors (Lipinski definition) is 2. The Balaban J connectivity index is 2.64. The molecule has 2 rings (SSSR count). The maximum atomic E-state index is 11.0. The number of hydrogen-bond donors (Lipinski definition) is 0. The van der Waals surface area contributed by atoms with Crippen LogP contribution < -0.4 is 5.11 Å². The van der Waals surface area contributed by atoms with Crippen LogP contribution in [0.4, 0.5) is 0 Å². The molecule has 2 heteroatoms. The molecule has 92 valence electrons. The molecule has 2 nitrogen and oxygen atoms in total. The lowest BCUT2D eigenvalue weighted by Gasteiger charge is -2.14. The second-order valence-corrected chi connectivity index (χ2v) is 4.58. The van der Waals surface area contributed by atoms with Crippen LogP contribution in [0.5, 0.6) is 0 Å². The van der Waals surface area contributed by atoms with Gasteiger partial charge in [-0.25, -0.2) is 0 Å². The monoisotopic (exact) mass is 239 g/mol. The Kier molecular flexibility index (Phi) is 3.19. The van der Waals surface area contributed by atoms with Crippen LogP contribution in [0.3, 0.4) is 0 Å². The van der Waals surface area contributed by atoms with Crippen LogP contribution >= 0.6 is 0 Å². The van der Waals surface area contributed by atoms with Crippen molar-refractivity contribution in [3.05, 3.63) is 58.7 Å². The number of carboxylic acids is 1. The van der Waals surface area contributed by atoms with Gasteiger partial charge in [-0.2, -0.15) is 0 Å². The van der Waals surface area contributed by atoms with Crippen LogP contribution in [0.15, 0.2) is 36.4 Å². The molecular formula is C16H15O2-. The lowest BCUT2D eigenvalue weighted by Crippen LogP contribution is -2.23. The van der Waals surface area contributed by atoms with Gasteiger partial charge in [-0.15, -0.1) is 0 Å². The predicted octanol–water partition coefficient (Wildman–Crippen LogP) is 2.64. The molecule has 0 unspecified atom stereocenters. The lowest BCUT2D eigenvalue weighted by molar-refractivity contribution is -0.255. The number of aryl methyl sites for hydroxylation is 2. The van der Waals surface area contributed by atoms with E-state index in [1.165, 1.54) is 5.56 Å². The molecule has 0 atom stereocenters. The van der Waals surface area contributed by atoms with Crippen molar-refractivity contribution in [1.82, 2.24) is 0 Å². The smallest absolute Gasteiger partial charge is 0.0718 e. The Bertz CT molecular complexity index is 612. The van der Waals surface area contributed by atoms with Gasteiger partial charge in [0.05, 0.1) is 5.97 Å². The van der Waals surface area contributed by atoms with Gasteiger partial charge in [0.15, 0.2) is 0 Å². The molecular weight excluding hydrogens is 224 g/mol. The normalized spacial score (nSPS) is 10.4. The Morgan fingerprint density at radius 3 is 2.33 bits per heavy atom. The van der Waals surface area contributed by atoms with E-state index in [-0.39, 0.29) is 5.56 Å². The van der Waals surface area contributed by atoms with Crippen LogP contribution in [0.1, 0.15) is 27.0 Å². The number of benzene rings is 2. The molecule has 0 bridgehead atoms. The van der Waals surface area contributed by atoms with E-state index in [2.05, 4.69) is 6.07 Å². The quantitative estimate of drug-likeness (QED) is 0.808. The van der Waals surface area contributed by atoms with Crippen LogP contribution in [-0.2, 0) is 0 Å². The van der Waals surface area contributed by atoms with E-state index in [0.717, 1.165) is 22.3 Å². The Labute approximate surface area is 107 Å². The van der Waals surface area contributed by atoms with Gasteiger partial charge in [0.1, 0.15) is 0 Å². The predicted molar refractivity (Wildman–Crippen MR) is 70.4 cm³/mol. The molecule has 0 radical (unpaired) electrons. The maximum absolute atomic E-state index is 11.0. The van der Waals surface area contributed by atoms with E-state index < -0.39 is 5.97 Å². The first-order valence-electron chi connectivity index (χ1n) is 5.89. The standard InChI is InChI=1S/C16H16O2/c1-10-7-8-13(11(2)9-10)14-5-4-6-15(12(14)3)16(17)18/h4-9H,1-3H3,(H,17,18)/p-1. The van der Waals surface area contributed by atoms with E-state index >= 15 is 0 Å². The third-order valence-electron chi connectivity index (χ3n) is 3.23. The molecule has 0 saturated carbocycles. The average Bonchev–Trinajstić information content (AvgIpc) is 2.30. The van der Waals surface area contributed by atoms with Crippen molar-refractivity contribution in [3.8, 4) is 11.1 Å². The topological polar surface area (TPSA) is 40.1 Å². The number of aromatic carboxylic acids is 1. The second kappa shape index (κ2) is 4.65. The van der Waals surface area contributed by atoms with Crippen molar-refractivity contribution in [2.45, 2.75) is 20.8 Å². The fourth-order valence-corrected chi connectivity index (χ4v) is 2.26. The van der Waals surface area contributed by atoms with Gasteiger partial charge in [-0.3, -0.25) is 0 Å². The zero-order valence-electron chi connectivity index (χ0n) is 10.8. The van der Waals surface area contributed by atoms with Crippen molar-refractivity contribution in [3.63, 3.8) is 0 Å². The molecule has 0 N–H and O–H groups in total. The molecule has 0 saturated heterocycles. The van der Waals surface area contributed by atoms with E-state index in [1.807, 2.05) is 39.0 Å². The van der Waals surface area contributed by atoms with Crippen LogP contribution in [-0.4, -0.2) is 5.97 Å². The van der Waals surface area contributed by atoms with E-state index in [1.54, 1.807) is 12.1 Å². The average molecular weight is 239 g/mol. The lowest BCUT2D eigenvalue weighted by atomic mass is 9.93. The molecule has 2 aromatic carbocycles. The highest BCUT2D eigenvalue weighted by Crippen LogP contribution is 2.28. The molecule has 2 aromatic rings. The molecule has 0 aliphatic rings. The second-order valence-electron chi connectivity index (χ2n) is 4.58. The van der Waals surface area contributed by atoms with Crippen molar-refractivity contribution < 1.29 is 9.90 Å². The van der Waals surface area contributed by atoms with Gasteiger partial charge in [0.2, 0.25) is 0 Å². The van der Waals surface area contributed by atoms with Crippen LogP contribution in [0.25, 0.3) is 11.1 Å². The highest BCUT2D eigenvalue weighted by Gasteiger charge is 2.08. The minimum absolute atomic E-state index is 0.257. The molecule has 0 fully saturated rings. The third kappa shape index (κ3) is 2.14. The number of carbonyl (C=O) groups is 1. The summed E-state index contributed by atoms with van der Waals surface area (Å²) in [6.45, 7) is 5.90. The summed E-state index contributed by atoms with van der Waals surface area (Å²) >= 11 is 0. The minimum Gasteiger partial charge on any atom is -0.545 e. The fourth-order valence-electron chi connectivity index (χ4n) is 2.26. The Hall–Kier alpha value is -2.09. The van der Waals surface area contributed by atoms with Gasteiger partial charge in [-0.05, 0) is 43.0 Å². The van der Waals surface area contributed by atoms with E-state index in [4.69, 9.17) is 0 Å².